The molecule has 1 heterocycles. The van der Waals surface area contributed by atoms with Gasteiger partial charge in [-0.2, -0.15) is 5.26 Å². The van der Waals surface area contributed by atoms with Gasteiger partial charge >= 0.3 is 0 Å². The van der Waals surface area contributed by atoms with Crippen molar-refractivity contribution in [2.45, 2.75) is 18.9 Å². The van der Waals surface area contributed by atoms with E-state index in [1.807, 2.05) is 6.07 Å². The second kappa shape index (κ2) is 5.92. The first-order valence-corrected chi connectivity index (χ1v) is 7.50. The van der Waals surface area contributed by atoms with E-state index in [1.165, 1.54) is 20.0 Å². The van der Waals surface area contributed by atoms with Crippen LogP contribution in [-0.4, -0.2) is 43.3 Å². The molecule has 21 heavy (non-hydrogen) atoms. The van der Waals surface area contributed by atoms with Crippen LogP contribution >= 0.6 is 0 Å². The summed E-state index contributed by atoms with van der Waals surface area (Å²) >= 11 is 0. The number of hydrogen-bond donors (Lipinski definition) is 2. The first kappa shape index (κ1) is 14.2. The van der Waals surface area contributed by atoms with Gasteiger partial charge in [0.25, 0.3) is 0 Å². The van der Waals surface area contributed by atoms with Crippen molar-refractivity contribution >= 4 is 0 Å². The average molecular weight is 287 g/mol. The highest BCUT2D eigenvalue weighted by molar-refractivity contribution is 5.53. The van der Waals surface area contributed by atoms with Gasteiger partial charge in [-0.15, -0.1) is 0 Å². The molecule has 1 aliphatic carbocycles. The molecule has 2 fully saturated rings. The molecule has 1 aromatic rings. The fraction of sp³-hybridized carbons (Fsp3) is 0.562. The molecule has 1 aromatic carbocycles. The summed E-state index contributed by atoms with van der Waals surface area (Å²) in [6.45, 7) is 3.89. The number of nitrogens with zero attached hydrogens (tertiary/aromatic N) is 2. The van der Waals surface area contributed by atoms with E-state index in [0.717, 1.165) is 31.7 Å². The summed E-state index contributed by atoms with van der Waals surface area (Å²) in [4.78, 5) is 2.42. The summed E-state index contributed by atoms with van der Waals surface area (Å²) in [5.41, 5.74) is 1.38. The van der Waals surface area contributed by atoms with Crippen LogP contribution in [0.2, 0.25) is 0 Å². The molecular formula is C16H21N3O2. The molecule has 5 heteroatoms. The molecule has 1 aliphatic heterocycles. The molecule has 0 spiro atoms. The maximum Gasteiger partial charge on any atom is 0.162 e. The summed E-state index contributed by atoms with van der Waals surface area (Å²) in [6, 6.07) is 5.77. The van der Waals surface area contributed by atoms with Crippen LogP contribution in [0.25, 0.3) is 0 Å². The number of benzene rings is 1. The predicted molar refractivity (Wildman–Crippen MR) is 79.3 cm³/mol. The van der Waals surface area contributed by atoms with Crippen LogP contribution in [0.3, 0.4) is 0 Å². The van der Waals surface area contributed by atoms with E-state index < -0.39 is 0 Å². The normalized spacial score (nSPS) is 20.8. The monoisotopic (exact) mass is 287 g/mol. The standard InChI is InChI=1S/C16H21N3O2/c1-21-14-9-11(10-17)8-13(16(14)20)15(12-2-3-12)19-6-4-18-5-7-19/h8-9,12,15,18,20H,2-7H2,1H3/t15-/m1/s1. The minimum atomic E-state index is 0.187. The van der Waals surface area contributed by atoms with Crippen molar-refractivity contribution in [3.05, 3.63) is 23.3 Å². The molecule has 0 amide bonds. The lowest BCUT2D eigenvalue weighted by Crippen LogP contribution is -2.45. The Balaban J connectivity index is 2.00. The van der Waals surface area contributed by atoms with Crippen molar-refractivity contribution in [2.24, 2.45) is 5.92 Å². The number of phenols is 1. The van der Waals surface area contributed by atoms with Crippen LogP contribution < -0.4 is 10.1 Å². The smallest absolute Gasteiger partial charge is 0.162 e. The van der Waals surface area contributed by atoms with Gasteiger partial charge in [0, 0.05) is 43.9 Å². The lowest BCUT2D eigenvalue weighted by atomic mass is 9.96. The molecule has 2 aliphatic rings. The van der Waals surface area contributed by atoms with Crippen molar-refractivity contribution in [3.63, 3.8) is 0 Å². The summed E-state index contributed by atoms with van der Waals surface area (Å²) in [6.07, 6.45) is 2.38. The minimum absolute atomic E-state index is 0.187. The average Bonchev–Trinajstić information content (AvgIpc) is 3.35. The van der Waals surface area contributed by atoms with Crippen LogP contribution in [0.15, 0.2) is 12.1 Å². The van der Waals surface area contributed by atoms with Crippen molar-refractivity contribution in [3.8, 4) is 17.6 Å². The predicted octanol–water partition coefficient (Wildman–Crippen LogP) is 1.63. The zero-order valence-corrected chi connectivity index (χ0v) is 12.3. The van der Waals surface area contributed by atoms with Crippen LogP contribution in [0.5, 0.6) is 11.5 Å². The Morgan fingerprint density at radius 1 is 1.38 bits per heavy atom. The highest BCUT2D eigenvalue weighted by Gasteiger charge is 2.38. The second-order valence-electron chi connectivity index (χ2n) is 5.80. The summed E-state index contributed by atoms with van der Waals surface area (Å²) in [5, 5.41) is 23.1. The molecule has 0 aromatic heterocycles. The Hall–Kier alpha value is -1.77. The lowest BCUT2D eigenvalue weighted by molar-refractivity contribution is 0.153. The third-order valence-corrected chi connectivity index (χ3v) is 4.39. The Bertz CT molecular complexity index is 557. The molecule has 0 bridgehead atoms. The molecular weight excluding hydrogens is 266 g/mol. The van der Waals surface area contributed by atoms with Crippen molar-refractivity contribution in [1.82, 2.24) is 10.2 Å². The SMILES string of the molecule is COc1cc(C#N)cc([C@@H](C2CC2)N2CCNCC2)c1O. The van der Waals surface area contributed by atoms with E-state index in [9.17, 15) is 10.4 Å². The summed E-state index contributed by atoms with van der Waals surface area (Å²) in [7, 11) is 1.52. The van der Waals surface area contributed by atoms with E-state index in [0.29, 0.717) is 17.2 Å². The molecule has 0 radical (unpaired) electrons. The van der Waals surface area contributed by atoms with Crippen molar-refractivity contribution in [2.75, 3.05) is 33.3 Å². The maximum absolute atomic E-state index is 10.5. The number of aromatic hydroxyl groups is 1. The Morgan fingerprint density at radius 3 is 2.67 bits per heavy atom. The number of hydrogen-bond acceptors (Lipinski definition) is 5. The molecule has 0 unspecified atom stereocenters. The molecule has 1 atom stereocenters. The molecule has 2 N–H and O–H groups in total. The number of nitrogens with one attached hydrogen (secondary N) is 1. The molecule has 1 saturated carbocycles. The number of phenolic OH excluding ortho intramolecular Hbond substituents is 1. The fourth-order valence-corrected chi connectivity index (χ4v) is 3.20. The molecule has 1 saturated heterocycles. The Morgan fingerprint density at radius 2 is 2.10 bits per heavy atom. The molecule has 5 nitrogen and oxygen atoms in total. The van der Waals surface area contributed by atoms with Crippen LogP contribution in [0, 0.1) is 17.2 Å². The zero-order chi connectivity index (χ0) is 14.8. The largest absolute Gasteiger partial charge is 0.504 e. The lowest BCUT2D eigenvalue weighted by Gasteiger charge is -2.36. The van der Waals surface area contributed by atoms with E-state index in [-0.39, 0.29) is 11.8 Å². The van der Waals surface area contributed by atoms with Gasteiger partial charge in [0.2, 0.25) is 0 Å². The van der Waals surface area contributed by atoms with E-state index in [1.54, 1.807) is 6.07 Å². The molecule has 112 valence electrons. The van der Waals surface area contributed by atoms with Gasteiger partial charge in [-0.3, -0.25) is 4.90 Å². The zero-order valence-electron chi connectivity index (χ0n) is 12.3. The minimum Gasteiger partial charge on any atom is -0.504 e. The van der Waals surface area contributed by atoms with Gasteiger partial charge in [0.15, 0.2) is 11.5 Å². The maximum atomic E-state index is 10.5. The van der Waals surface area contributed by atoms with E-state index in [4.69, 9.17) is 4.74 Å². The molecule has 3 rings (SSSR count). The van der Waals surface area contributed by atoms with E-state index in [2.05, 4.69) is 16.3 Å². The van der Waals surface area contributed by atoms with Crippen LogP contribution in [-0.2, 0) is 0 Å². The van der Waals surface area contributed by atoms with Crippen LogP contribution in [0.4, 0.5) is 0 Å². The highest BCUT2D eigenvalue weighted by atomic mass is 16.5. The van der Waals surface area contributed by atoms with Gasteiger partial charge in [-0.1, -0.05) is 0 Å². The van der Waals surface area contributed by atoms with Crippen molar-refractivity contribution in [1.29, 1.82) is 5.26 Å². The number of ether oxygens (including phenoxy) is 1. The number of methoxy groups -OCH3 is 1. The quantitative estimate of drug-likeness (QED) is 0.881. The third-order valence-electron chi connectivity index (χ3n) is 4.39. The van der Waals surface area contributed by atoms with Crippen molar-refractivity contribution < 1.29 is 9.84 Å². The van der Waals surface area contributed by atoms with Gasteiger partial charge in [-0.25, -0.2) is 0 Å². The van der Waals surface area contributed by atoms with Gasteiger partial charge < -0.3 is 15.2 Å². The highest BCUT2D eigenvalue weighted by Crippen LogP contribution is 2.49. The van der Waals surface area contributed by atoms with Gasteiger partial charge in [-0.05, 0) is 24.8 Å². The number of rotatable bonds is 4. The Labute approximate surface area is 125 Å². The third kappa shape index (κ3) is 2.82. The van der Waals surface area contributed by atoms with Gasteiger partial charge in [0.05, 0.1) is 18.7 Å². The second-order valence-corrected chi connectivity index (χ2v) is 5.80. The summed E-state index contributed by atoms with van der Waals surface area (Å²) < 4.78 is 5.23. The van der Waals surface area contributed by atoms with Crippen LogP contribution in [0.1, 0.15) is 30.0 Å². The Kier molecular flexibility index (Phi) is 4.00. The summed E-state index contributed by atoms with van der Waals surface area (Å²) in [5.74, 6) is 1.16. The number of nitriles is 1. The van der Waals surface area contributed by atoms with Gasteiger partial charge in [0.1, 0.15) is 0 Å². The topological polar surface area (TPSA) is 68.5 Å². The first-order valence-electron chi connectivity index (χ1n) is 7.50. The fourth-order valence-electron chi connectivity index (χ4n) is 3.20. The number of piperazine rings is 1. The first-order chi connectivity index (χ1) is 10.2. The van der Waals surface area contributed by atoms with E-state index >= 15 is 0 Å².